The third-order valence-corrected chi connectivity index (χ3v) is 1.61. The summed E-state index contributed by atoms with van der Waals surface area (Å²) in [6.45, 7) is 11.0. The van der Waals surface area contributed by atoms with Gasteiger partial charge in [-0.25, -0.2) is 0 Å². The average Bonchev–Trinajstić information content (AvgIpc) is 1.53. The molecule has 0 spiro atoms. The lowest BCUT2D eigenvalue weighted by Crippen LogP contribution is -2.20. The lowest BCUT2D eigenvalue weighted by molar-refractivity contribution is 0.310. The molecule has 0 amide bonds. The zero-order chi connectivity index (χ0) is 9.07. The average molecular weight is 156 g/mol. The first kappa shape index (κ1) is 11.0. The van der Waals surface area contributed by atoms with Crippen LogP contribution in [0, 0.1) is 11.3 Å². The first-order valence-corrected chi connectivity index (χ1v) is 4.52. The molecule has 0 aliphatic heterocycles. The van der Waals surface area contributed by atoms with Gasteiger partial charge in [0.15, 0.2) is 0 Å². The van der Waals surface area contributed by atoms with E-state index in [4.69, 9.17) is 5.73 Å². The SMILES string of the molecule is CC(C)CC([NH])CC(C)(C)C. The van der Waals surface area contributed by atoms with Crippen LogP contribution in [0.5, 0.6) is 0 Å². The normalized spacial score (nSPS) is 15.5. The summed E-state index contributed by atoms with van der Waals surface area (Å²) in [5.41, 5.74) is 8.08. The van der Waals surface area contributed by atoms with Gasteiger partial charge in [0.1, 0.15) is 0 Å². The predicted molar refractivity (Wildman–Crippen MR) is 50.4 cm³/mol. The summed E-state index contributed by atoms with van der Waals surface area (Å²) in [7, 11) is 0. The summed E-state index contributed by atoms with van der Waals surface area (Å²) in [4.78, 5) is 0. The van der Waals surface area contributed by atoms with Gasteiger partial charge in [-0.05, 0) is 24.2 Å². The number of hydrogen-bond acceptors (Lipinski definition) is 0. The third kappa shape index (κ3) is 7.86. The molecule has 0 aromatic heterocycles. The van der Waals surface area contributed by atoms with E-state index in [0.717, 1.165) is 12.8 Å². The molecule has 0 fully saturated rings. The largest absolute Gasteiger partial charge is 0.254 e. The molecular weight excluding hydrogens is 134 g/mol. The molecule has 0 aromatic carbocycles. The summed E-state index contributed by atoms with van der Waals surface area (Å²) in [6, 6.07) is 0.134. The smallest absolute Gasteiger partial charge is 0.0220 e. The van der Waals surface area contributed by atoms with Crippen molar-refractivity contribution in [1.82, 2.24) is 5.73 Å². The van der Waals surface area contributed by atoms with Gasteiger partial charge >= 0.3 is 0 Å². The molecule has 0 saturated carbocycles. The van der Waals surface area contributed by atoms with E-state index < -0.39 is 0 Å². The molecule has 0 heterocycles. The van der Waals surface area contributed by atoms with Crippen LogP contribution >= 0.6 is 0 Å². The van der Waals surface area contributed by atoms with Gasteiger partial charge in [-0.2, -0.15) is 0 Å². The second-order valence-electron chi connectivity index (χ2n) is 5.09. The minimum Gasteiger partial charge on any atom is -0.254 e. The zero-order valence-electron chi connectivity index (χ0n) is 8.57. The van der Waals surface area contributed by atoms with E-state index >= 15 is 0 Å². The van der Waals surface area contributed by atoms with E-state index in [2.05, 4.69) is 34.6 Å². The van der Waals surface area contributed by atoms with Crippen LogP contribution < -0.4 is 5.73 Å². The molecule has 11 heavy (non-hydrogen) atoms. The van der Waals surface area contributed by atoms with Crippen LogP contribution in [0.4, 0.5) is 0 Å². The minimum atomic E-state index is 0.134. The molecular formula is C10H22N. The third-order valence-electron chi connectivity index (χ3n) is 1.61. The van der Waals surface area contributed by atoms with Crippen LogP contribution in [-0.2, 0) is 0 Å². The fraction of sp³-hybridized carbons (Fsp3) is 1.00. The van der Waals surface area contributed by atoms with E-state index in [-0.39, 0.29) is 6.04 Å². The lowest BCUT2D eigenvalue weighted by Gasteiger charge is -2.23. The summed E-state index contributed by atoms with van der Waals surface area (Å²) in [5, 5.41) is 0. The molecule has 1 nitrogen and oxygen atoms in total. The Bertz CT molecular complexity index is 99.9. The lowest BCUT2D eigenvalue weighted by atomic mass is 9.86. The molecule has 1 N–H and O–H groups in total. The molecule has 1 radical (unpaired) electrons. The number of hydrogen-bond donors (Lipinski definition) is 0. The molecule has 0 rings (SSSR count). The Morgan fingerprint density at radius 1 is 1.18 bits per heavy atom. The molecule has 0 bridgehead atoms. The quantitative estimate of drug-likeness (QED) is 0.599. The van der Waals surface area contributed by atoms with Crippen molar-refractivity contribution < 1.29 is 0 Å². The molecule has 0 aromatic rings. The number of rotatable bonds is 3. The van der Waals surface area contributed by atoms with Crippen molar-refractivity contribution in [1.29, 1.82) is 0 Å². The Hall–Kier alpha value is -0.0400. The van der Waals surface area contributed by atoms with Gasteiger partial charge in [-0.1, -0.05) is 34.6 Å². The van der Waals surface area contributed by atoms with Crippen LogP contribution in [0.3, 0.4) is 0 Å². The van der Waals surface area contributed by atoms with Gasteiger partial charge in [0, 0.05) is 6.04 Å². The van der Waals surface area contributed by atoms with Gasteiger partial charge in [-0.3, -0.25) is 5.73 Å². The van der Waals surface area contributed by atoms with Crippen LogP contribution in [-0.4, -0.2) is 6.04 Å². The van der Waals surface area contributed by atoms with E-state index in [1.807, 2.05) is 0 Å². The molecule has 67 valence electrons. The zero-order valence-corrected chi connectivity index (χ0v) is 8.57. The number of nitrogens with one attached hydrogen (secondary N) is 1. The Kier molecular flexibility index (Phi) is 4.09. The fourth-order valence-corrected chi connectivity index (χ4v) is 1.39. The van der Waals surface area contributed by atoms with E-state index in [0.29, 0.717) is 11.3 Å². The van der Waals surface area contributed by atoms with Crippen molar-refractivity contribution in [2.75, 3.05) is 0 Å². The van der Waals surface area contributed by atoms with Gasteiger partial charge in [0.05, 0.1) is 0 Å². The van der Waals surface area contributed by atoms with E-state index in [1.54, 1.807) is 0 Å². The molecule has 0 aliphatic carbocycles. The van der Waals surface area contributed by atoms with Crippen molar-refractivity contribution in [2.45, 2.75) is 53.5 Å². The summed E-state index contributed by atoms with van der Waals surface area (Å²) < 4.78 is 0. The van der Waals surface area contributed by atoms with Gasteiger partial charge in [0.25, 0.3) is 0 Å². The van der Waals surface area contributed by atoms with Crippen LogP contribution in [0.2, 0.25) is 0 Å². The maximum atomic E-state index is 7.76. The highest BCUT2D eigenvalue weighted by Gasteiger charge is 2.16. The predicted octanol–water partition coefficient (Wildman–Crippen LogP) is 3.12. The summed E-state index contributed by atoms with van der Waals surface area (Å²) in [5.74, 6) is 0.667. The van der Waals surface area contributed by atoms with E-state index in [9.17, 15) is 0 Å². The molecule has 0 aliphatic rings. The second-order valence-corrected chi connectivity index (χ2v) is 5.09. The Morgan fingerprint density at radius 3 is 1.91 bits per heavy atom. The second kappa shape index (κ2) is 4.10. The fourth-order valence-electron chi connectivity index (χ4n) is 1.39. The van der Waals surface area contributed by atoms with Gasteiger partial charge in [-0.15, -0.1) is 0 Å². The highest BCUT2D eigenvalue weighted by atomic mass is 14.6. The molecule has 0 saturated heterocycles. The first-order valence-electron chi connectivity index (χ1n) is 4.52. The standard InChI is InChI=1S/C10H22N/c1-8(2)6-9(11)7-10(3,4)5/h8-9,11H,6-7H2,1-5H3. The van der Waals surface area contributed by atoms with Crippen molar-refractivity contribution in [3.63, 3.8) is 0 Å². The Morgan fingerprint density at radius 2 is 1.64 bits per heavy atom. The van der Waals surface area contributed by atoms with Gasteiger partial charge in [0.2, 0.25) is 0 Å². The van der Waals surface area contributed by atoms with Crippen molar-refractivity contribution in [3.8, 4) is 0 Å². The van der Waals surface area contributed by atoms with Crippen LogP contribution in [0.25, 0.3) is 0 Å². The summed E-state index contributed by atoms with van der Waals surface area (Å²) >= 11 is 0. The van der Waals surface area contributed by atoms with Crippen molar-refractivity contribution >= 4 is 0 Å². The Balaban J connectivity index is 3.61. The van der Waals surface area contributed by atoms with Crippen LogP contribution in [0.1, 0.15) is 47.5 Å². The Labute approximate surface area is 71.4 Å². The monoisotopic (exact) mass is 156 g/mol. The maximum Gasteiger partial charge on any atom is 0.0220 e. The summed E-state index contributed by atoms with van der Waals surface area (Å²) in [6.07, 6.45) is 2.06. The minimum absolute atomic E-state index is 0.134. The van der Waals surface area contributed by atoms with E-state index in [1.165, 1.54) is 0 Å². The molecule has 1 heteroatoms. The molecule has 1 unspecified atom stereocenters. The first-order chi connectivity index (χ1) is 4.81. The highest BCUT2D eigenvalue weighted by molar-refractivity contribution is 4.71. The van der Waals surface area contributed by atoms with Gasteiger partial charge < -0.3 is 0 Å². The maximum absolute atomic E-state index is 7.76. The molecule has 1 atom stereocenters. The van der Waals surface area contributed by atoms with Crippen LogP contribution in [0.15, 0.2) is 0 Å². The topological polar surface area (TPSA) is 23.8 Å². The van der Waals surface area contributed by atoms with Crippen molar-refractivity contribution in [2.24, 2.45) is 11.3 Å². The highest BCUT2D eigenvalue weighted by Crippen LogP contribution is 2.23. The van der Waals surface area contributed by atoms with Crippen molar-refractivity contribution in [3.05, 3.63) is 0 Å².